The summed E-state index contributed by atoms with van der Waals surface area (Å²) in [7, 11) is 0. The maximum absolute atomic E-state index is 13.0. The molecule has 1 aromatic rings. The molecule has 1 saturated heterocycles. The Bertz CT molecular complexity index is 527. The summed E-state index contributed by atoms with van der Waals surface area (Å²) in [6.07, 6.45) is 0. The fourth-order valence-corrected chi connectivity index (χ4v) is 2.76. The largest absolute Gasteiger partial charge is 0.480 e. The molecule has 1 aliphatic heterocycles. The number of aliphatic carboxylic acids is 1. The van der Waals surface area contributed by atoms with Crippen LogP contribution in [0, 0.1) is 11.6 Å². The number of hydrogen-bond donors (Lipinski definition) is 2. The summed E-state index contributed by atoms with van der Waals surface area (Å²) in [6, 6.07) is 1.37. The Morgan fingerprint density at radius 2 is 2.11 bits per heavy atom. The van der Waals surface area contributed by atoms with E-state index in [0.717, 1.165) is 17.0 Å². The number of halogens is 2. The molecule has 0 spiro atoms. The predicted octanol–water partition coefficient (Wildman–Crippen LogP) is 1.96. The van der Waals surface area contributed by atoms with Gasteiger partial charge in [0.15, 0.2) is 11.6 Å². The molecule has 0 bridgehead atoms. The van der Waals surface area contributed by atoms with Crippen molar-refractivity contribution in [1.29, 1.82) is 0 Å². The molecule has 1 unspecified atom stereocenters. The summed E-state index contributed by atoms with van der Waals surface area (Å²) in [5, 5.41) is 11.3. The summed E-state index contributed by atoms with van der Waals surface area (Å²) in [4.78, 5) is 23.9. The summed E-state index contributed by atoms with van der Waals surface area (Å²) >= 11 is 1.31. The number of hydrogen-bond acceptors (Lipinski definition) is 3. The van der Waals surface area contributed by atoms with E-state index >= 15 is 0 Å². The number of nitrogens with one attached hydrogen (secondary N) is 1. The summed E-state index contributed by atoms with van der Waals surface area (Å²) < 4.78 is 25.7. The first kappa shape index (κ1) is 13.6. The summed E-state index contributed by atoms with van der Waals surface area (Å²) in [6.45, 7) is 0. The predicted molar refractivity (Wildman–Crippen MR) is 66.0 cm³/mol. The molecule has 2 amide bonds. The number of anilines is 1. The third kappa shape index (κ3) is 2.95. The van der Waals surface area contributed by atoms with Gasteiger partial charge in [-0.2, -0.15) is 0 Å². The maximum atomic E-state index is 13.0. The van der Waals surface area contributed by atoms with Crippen LogP contribution in [0.25, 0.3) is 0 Å². The quantitative estimate of drug-likeness (QED) is 0.872. The average Bonchev–Trinajstić information content (AvgIpc) is 2.83. The lowest BCUT2D eigenvalue weighted by atomic mass is 10.3. The Morgan fingerprint density at radius 3 is 2.74 bits per heavy atom. The molecule has 19 heavy (non-hydrogen) atoms. The van der Waals surface area contributed by atoms with Crippen LogP contribution < -0.4 is 5.32 Å². The minimum Gasteiger partial charge on any atom is -0.480 e. The first-order valence-corrected chi connectivity index (χ1v) is 6.47. The van der Waals surface area contributed by atoms with E-state index in [1.807, 2.05) is 0 Å². The van der Waals surface area contributed by atoms with Crippen LogP contribution >= 0.6 is 11.8 Å². The van der Waals surface area contributed by atoms with Crippen molar-refractivity contribution in [3.63, 3.8) is 0 Å². The SMILES string of the molecule is O=C(O)C1CSCN1C(=O)Nc1ccc(F)c(F)c1. The number of carboxylic acid groups (broad SMARTS) is 1. The van der Waals surface area contributed by atoms with Gasteiger partial charge in [0.2, 0.25) is 0 Å². The van der Waals surface area contributed by atoms with Crippen molar-refractivity contribution < 1.29 is 23.5 Å². The van der Waals surface area contributed by atoms with Gasteiger partial charge in [0.1, 0.15) is 6.04 Å². The van der Waals surface area contributed by atoms with Gasteiger partial charge >= 0.3 is 12.0 Å². The van der Waals surface area contributed by atoms with E-state index in [9.17, 15) is 18.4 Å². The van der Waals surface area contributed by atoms with Crippen LogP contribution in [0.2, 0.25) is 0 Å². The Balaban J connectivity index is 2.08. The van der Waals surface area contributed by atoms with Crippen LogP contribution in [0.5, 0.6) is 0 Å². The van der Waals surface area contributed by atoms with Crippen molar-refractivity contribution in [2.24, 2.45) is 0 Å². The maximum Gasteiger partial charge on any atom is 0.327 e. The van der Waals surface area contributed by atoms with Crippen LogP contribution in [-0.4, -0.2) is 39.7 Å². The van der Waals surface area contributed by atoms with E-state index in [1.165, 1.54) is 17.8 Å². The first-order chi connectivity index (χ1) is 8.99. The highest BCUT2D eigenvalue weighted by atomic mass is 32.2. The molecule has 1 atom stereocenters. The number of benzene rings is 1. The molecular weight excluding hydrogens is 278 g/mol. The Kier molecular flexibility index (Phi) is 3.89. The highest BCUT2D eigenvalue weighted by molar-refractivity contribution is 7.99. The number of carbonyl (C=O) groups is 2. The normalized spacial score (nSPS) is 18.4. The Hall–Kier alpha value is -1.83. The van der Waals surface area contributed by atoms with E-state index in [1.54, 1.807) is 0 Å². The number of carbonyl (C=O) groups excluding carboxylic acids is 1. The molecule has 1 aliphatic rings. The number of thioether (sulfide) groups is 1. The standard InChI is InChI=1S/C11H10F2N2O3S/c12-7-2-1-6(3-8(7)13)14-11(18)15-5-19-4-9(15)10(16)17/h1-3,9H,4-5H2,(H,14,18)(H,16,17). The van der Waals surface area contributed by atoms with Crippen LogP contribution in [-0.2, 0) is 4.79 Å². The van der Waals surface area contributed by atoms with Crippen molar-refractivity contribution in [3.8, 4) is 0 Å². The zero-order chi connectivity index (χ0) is 14.0. The molecule has 5 nitrogen and oxygen atoms in total. The van der Waals surface area contributed by atoms with Crippen LogP contribution in [0.3, 0.4) is 0 Å². The van der Waals surface area contributed by atoms with Crippen LogP contribution in [0.15, 0.2) is 18.2 Å². The second kappa shape index (κ2) is 5.43. The lowest BCUT2D eigenvalue weighted by molar-refractivity contribution is -0.140. The van der Waals surface area contributed by atoms with E-state index in [0.29, 0.717) is 5.75 Å². The number of urea groups is 1. The number of amides is 2. The fraction of sp³-hybridized carbons (Fsp3) is 0.273. The zero-order valence-corrected chi connectivity index (χ0v) is 10.4. The first-order valence-electron chi connectivity index (χ1n) is 5.32. The van der Waals surface area contributed by atoms with Gasteiger partial charge in [0, 0.05) is 17.5 Å². The van der Waals surface area contributed by atoms with Gasteiger partial charge in [-0.05, 0) is 12.1 Å². The third-order valence-electron chi connectivity index (χ3n) is 2.60. The average molecular weight is 288 g/mol. The minimum atomic E-state index is -1.09. The molecule has 0 saturated carbocycles. The van der Waals surface area contributed by atoms with Gasteiger partial charge in [-0.15, -0.1) is 11.8 Å². The highest BCUT2D eigenvalue weighted by Crippen LogP contribution is 2.22. The van der Waals surface area contributed by atoms with Crippen molar-refractivity contribution in [2.45, 2.75) is 6.04 Å². The summed E-state index contributed by atoms with van der Waals surface area (Å²) in [5.41, 5.74) is 0.0740. The molecule has 0 radical (unpaired) electrons. The zero-order valence-electron chi connectivity index (χ0n) is 9.60. The molecular formula is C11H10F2N2O3S. The Morgan fingerprint density at radius 1 is 1.37 bits per heavy atom. The lowest BCUT2D eigenvalue weighted by Crippen LogP contribution is -2.43. The second-order valence-electron chi connectivity index (χ2n) is 3.88. The van der Waals surface area contributed by atoms with Gasteiger partial charge in [0.25, 0.3) is 0 Å². The van der Waals surface area contributed by atoms with E-state index in [-0.39, 0.29) is 11.6 Å². The molecule has 0 aliphatic carbocycles. The van der Waals surface area contributed by atoms with Crippen LogP contribution in [0.1, 0.15) is 0 Å². The van der Waals surface area contributed by atoms with Gasteiger partial charge in [-0.25, -0.2) is 18.4 Å². The van der Waals surface area contributed by atoms with Gasteiger partial charge in [-0.3, -0.25) is 0 Å². The summed E-state index contributed by atoms with van der Waals surface area (Å²) in [5.74, 6) is -2.64. The molecule has 1 aromatic carbocycles. The van der Waals surface area contributed by atoms with Crippen molar-refractivity contribution in [3.05, 3.63) is 29.8 Å². The Labute approximate surface area is 111 Å². The van der Waals surface area contributed by atoms with Gasteiger partial charge < -0.3 is 15.3 Å². The molecule has 0 aromatic heterocycles. The minimum absolute atomic E-state index is 0.0740. The van der Waals surface area contributed by atoms with Crippen molar-refractivity contribution in [1.82, 2.24) is 4.90 Å². The lowest BCUT2D eigenvalue weighted by Gasteiger charge is -2.20. The molecule has 8 heteroatoms. The smallest absolute Gasteiger partial charge is 0.327 e. The highest BCUT2D eigenvalue weighted by Gasteiger charge is 2.34. The van der Waals surface area contributed by atoms with Crippen molar-refractivity contribution in [2.75, 3.05) is 16.9 Å². The van der Waals surface area contributed by atoms with Gasteiger partial charge in [-0.1, -0.05) is 0 Å². The van der Waals surface area contributed by atoms with E-state index in [4.69, 9.17) is 5.11 Å². The van der Waals surface area contributed by atoms with Gasteiger partial charge in [0.05, 0.1) is 5.88 Å². The van der Waals surface area contributed by atoms with Crippen LogP contribution in [0.4, 0.5) is 19.3 Å². The molecule has 1 heterocycles. The monoisotopic (exact) mass is 288 g/mol. The molecule has 2 rings (SSSR count). The topological polar surface area (TPSA) is 69.6 Å². The van der Waals surface area contributed by atoms with Crippen molar-refractivity contribution >= 4 is 29.4 Å². The number of rotatable bonds is 2. The number of nitrogens with zero attached hydrogens (tertiary/aromatic N) is 1. The van der Waals surface area contributed by atoms with E-state index in [2.05, 4.69) is 5.32 Å². The fourth-order valence-electron chi connectivity index (χ4n) is 1.62. The second-order valence-corrected chi connectivity index (χ2v) is 4.88. The molecule has 1 fully saturated rings. The van der Waals surface area contributed by atoms with E-state index < -0.39 is 29.7 Å². The third-order valence-corrected chi connectivity index (χ3v) is 3.61. The molecule has 2 N–H and O–H groups in total. The number of carboxylic acids is 1. The molecule has 102 valence electrons.